The van der Waals surface area contributed by atoms with E-state index in [9.17, 15) is 0 Å². The van der Waals surface area contributed by atoms with E-state index in [1.165, 1.54) is 31.4 Å². The summed E-state index contributed by atoms with van der Waals surface area (Å²) in [5.74, 6) is 0.879. The Labute approximate surface area is 162 Å². The van der Waals surface area contributed by atoms with Gasteiger partial charge in [-0.25, -0.2) is 4.99 Å². The van der Waals surface area contributed by atoms with Gasteiger partial charge in [-0.2, -0.15) is 5.10 Å². The molecule has 0 saturated carbocycles. The Hall–Kier alpha value is -2.34. The second kappa shape index (κ2) is 10.1. The predicted octanol–water partition coefficient (Wildman–Crippen LogP) is 2.53. The molecule has 1 saturated heterocycles. The van der Waals surface area contributed by atoms with Crippen LogP contribution in [0.3, 0.4) is 0 Å². The molecule has 0 aliphatic carbocycles. The lowest BCUT2D eigenvalue weighted by atomic mass is 10.0. The maximum Gasteiger partial charge on any atom is 0.191 e. The highest BCUT2D eigenvalue weighted by atomic mass is 15.3. The van der Waals surface area contributed by atoms with Gasteiger partial charge < -0.3 is 10.6 Å². The second-order valence-corrected chi connectivity index (χ2v) is 7.13. The van der Waals surface area contributed by atoms with Gasteiger partial charge >= 0.3 is 0 Å². The lowest BCUT2D eigenvalue weighted by Gasteiger charge is -2.36. The van der Waals surface area contributed by atoms with E-state index in [1.54, 1.807) is 0 Å². The van der Waals surface area contributed by atoms with Gasteiger partial charge in [-0.1, -0.05) is 36.8 Å². The van der Waals surface area contributed by atoms with Crippen LogP contribution in [-0.4, -0.2) is 46.3 Å². The first-order valence-electron chi connectivity index (χ1n) is 10.0. The number of likely N-dealkylation sites (tertiary alicyclic amines) is 1. The molecule has 0 amide bonds. The average Bonchev–Trinajstić information content (AvgIpc) is 3.11. The summed E-state index contributed by atoms with van der Waals surface area (Å²) in [6.07, 6.45) is 5.65. The van der Waals surface area contributed by atoms with Crippen molar-refractivity contribution < 1.29 is 0 Å². The molecule has 27 heavy (non-hydrogen) atoms. The van der Waals surface area contributed by atoms with Crippen molar-refractivity contribution in [3.05, 3.63) is 53.9 Å². The van der Waals surface area contributed by atoms with Crippen molar-refractivity contribution in [3.63, 3.8) is 0 Å². The summed E-state index contributed by atoms with van der Waals surface area (Å²) in [6, 6.07) is 13.3. The summed E-state index contributed by atoms with van der Waals surface area (Å²) in [6.45, 7) is 6.70. The maximum absolute atomic E-state index is 4.73. The molecule has 1 atom stereocenters. The zero-order valence-electron chi connectivity index (χ0n) is 16.6. The molecule has 1 aromatic heterocycles. The first-order chi connectivity index (χ1) is 13.3. The molecular weight excluding hydrogens is 336 g/mol. The zero-order chi connectivity index (χ0) is 18.9. The summed E-state index contributed by atoms with van der Waals surface area (Å²) in [5.41, 5.74) is 2.50. The largest absolute Gasteiger partial charge is 0.357 e. The van der Waals surface area contributed by atoms with Crippen LogP contribution >= 0.6 is 0 Å². The van der Waals surface area contributed by atoms with Gasteiger partial charge in [0.2, 0.25) is 0 Å². The highest BCUT2D eigenvalue weighted by molar-refractivity contribution is 5.79. The van der Waals surface area contributed by atoms with E-state index in [0.29, 0.717) is 12.6 Å². The van der Waals surface area contributed by atoms with E-state index in [4.69, 9.17) is 4.99 Å². The molecule has 6 heteroatoms. The third-order valence-corrected chi connectivity index (χ3v) is 5.15. The quantitative estimate of drug-likeness (QED) is 0.582. The number of nitrogens with one attached hydrogen (secondary N) is 2. The van der Waals surface area contributed by atoms with Gasteiger partial charge in [-0.15, -0.1) is 0 Å². The first kappa shape index (κ1) is 19.4. The fourth-order valence-electron chi connectivity index (χ4n) is 3.59. The number of guanidine groups is 1. The van der Waals surface area contributed by atoms with Crippen molar-refractivity contribution in [3.8, 4) is 0 Å². The Bertz CT molecular complexity index is 708. The van der Waals surface area contributed by atoms with Crippen molar-refractivity contribution in [1.29, 1.82) is 0 Å². The molecular formula is C21H32N6. The third kappa shape index (κ3) is 5.82. The van der Waals surface area contributed by atoms with Crippen molar-refractivity contribution in [2.45, 2.75) is 45.3 Å². The van der Waals surface area contributed by atoms with Crippen LogP contribution in [0.5, 0.6) is 0 Å². The third-order valence-electron chi connectivity index (χ3n) is 5.15. The number of piperidine rings is 1. The van der Waals surface area contributed by atoms with Crippen molar-refractivity contribution >= 4 is 5.96 Å². The minimum absolute atomic E-state index is 0.541. The van der Waals surface area contributed by atoms with E-state index in [0.717, 1.165) is 31.3 Å². The van der Waals surface area contributed by atoms with E-state index in [-0.39, 0.29) is 0 Å². The van der Waals surface area contributed by atoms with Crippen LogP contribution in [0.2, 0.25) is 0 Å². The van der Waals surface area contributed by atoms with Gasteiger partial charge in [0, 0.05) is 38.9 Å². The first-order valence-corrected chi connectivity index (χ1v) is 10.0. The minimum Gasteiger partial charge on any atom is -0.357 e. The normalized spacial score (nSPS) is 18.4. The van der Waals surface area contributed by atoms with Gasteiger partial charge in [0.25, 0.3) is 0 Å². The number of aryl methyl sites for hydroxylation is 1. The summed E-state index contributed by atoms with van der Waals surface area (Å²) in [4.78, 5) is 7.33. The summed E-state index contributed by atoms with van der Waals surface area (Å²) in [7, 11) is 1.95. The van der Waals surface area contributed by atoms with E-state index < -0.39 is 0 Å². The highest BCUT2D eigenvalue weighted by Crippen LogP contribution is 2.19. The Kier molecular flexibility index (Phi) is 7.27. The van der Waals surface area contributed by atoms with E-state index in [1.807, 2.05) is 24.0 Å². The molecule has 1 fully saturated rings. The number of nitrogens with zero attached hydrogens (tertiary/aromatic N) is 4. The van der Waals surface area contributed by atoms with Crippen LogP contribution in [0.15, 0.2) is 47.6 Å². The molecule has 2 heterocycles. The van der Waals surface area contributed by atoms with Crippen LogP contribution < -0.4 is 10.6 Å². The fourth-order valence-corrected chi connectivity index (χ4v) is 3.59. The Morgan fingerprint density at radius 3 is 2.78 bits per heavy atom. The minimum atomic E-state index is 0.541. The summed E-state index contributed by atoms with van der Waals surface area (Å²) < 4.78 is 1.87. The Balaban J connectivity index is 1.57. The molecule has 2 aromatic rings. The molecule has 6 nitrogen and oxygen atoms in total. The van der Waals surface area contributed by atoms with Gasteiger partial charge in [0.05, 0.1) is 12.2 Å². The molecule has 1 unspecified atom stereocenters. The number of aromatic nitrogens is 2. The molecule has 146 valence electrons. The number of aliphatic imine (C=N–C) groups is 1. The zero-order valence-corrected chi connectivity index (χ0v) is 16.6. The molecule has 0 bridgehead atoms. The van der Waals surface area contributed by atoms with Crippen LogP contribution in [-0.2, 0) is 20.1 Å². The molecule has 1 aliphatic rings. The monoisotopic (exact) mass is 368 g/mol. The number of benzene rings is 1. The van der Waals surface area contributed by atoms with Crippen molar-refractivity contribution in [2.24, 2.45) is 12.0 Å². The lowest BCUT2D eigenvalue weighted by molar-refractivity contribution is 0.141. The van der Waals surface area contributed by atoms with Crippen LogP contribution in [0.1, 0.15) is 37.4 Å². The number of hydrogen-bond donors (Lipinski definition) is 2. The smallest absolute Gasteiger partial charge is 0.191 e. The van der Waals surface area contributed by atoms with Gasteiger partial charge in [-0.05, 0) is 37.9 Å². The van der Waals surface area contributed by atoms with Gasteiger partial charge in [0.15, 0.2) is 5.96 Å². The summed E-state index contributed by atoms with van der Waals surface area (Å²) in [5, 5.41) is 11.1. The predicted molar refractivity (Wildman–Crippen MR) is 111 cm³/mol. The molecule has 2 N–H and O–H groups in total. The molecule has 1 aliphatic heterocycles. The van der Waals surface area contributed by atoms with Gasteiger partial charge in [-0.3, -0.25) is 9.58 Å². The maximum atomic E-state index is 4.73. The average molecular weight is 369 g/mol. The van der Waals surface area contributed by atoms with Crippen LogP contribution in [0.25, 0.3) is 0 Å². The van der Waals surface area contributed by atoms with E-state index in [2.05, 4.69) is 57.9 Å². The highest BCUT2D eigenvalue weighted by Gasteiger charge is 2.22. The number of rotatable bonds is 7. The summed E-state index contributed by atoms with van der Waals surface area (Å²) >= 11 is 0. The van der Waals surface area contributed by atoms with Gasteiger partial charge in [0.1, 0.15) is 0 Å². The molecule has 0 spiro atoms. The van der Waals surface area contributed by atoms with Crippen LogP contribution in [0, 0.1) is 0 Å². The Morgan fingerprint density at radius 2 is 2.04 bits per heavy atom. The molecule has 0 radical (unpaired) electrons. The topological polar surface area (TPSA) is 57.5 Å². The Morgan fingerprint density at radius 1 is 1.19 bits per heavy atom. The fraction of sp³-hybridized carbons (Fsp3) is 0.524. The standard InChI is InChI=1S/C21H32N6/c1-3-22-21(23-15-19-12-13-25-26(19)2)24-16-20-11-7-8-14-27(20)17-18-9-5-4-6-10-18/h4-6,9-10,12-13,20H,3,7-8,11,14-17H2,1-2H3,(H2,22,23,24). The second-order valence-electron chi connectivity index (χ2n) is 7.13. The van der Waals surface area contributed by atoms with Crippen molar-refractivity contribution in [1.82, 2.24) is 25.3 Å². The van der Waals surface area contributed by atoms with E-state index >= 15 is 0 Å². The molecule has 1 aromatic carbocycles. The van der Waals surface area contributed by atoms with Crippen LogP contribution in [0.4, 0.5) is 0 Å². The SMILES string of the molecule is CCNC(=NCc1ccnn1C)NCC1CCCCN1Cc1ccccc1. The number of hydrogen-bond acceptors (Lipinski definition) is 3. The lowest BCUT2D eigenvalue weighted by Crippen LogP contribution is -2.48. The molecule has 3 rings (SSSR count). The van der Waals surface area contributed by atoms with Crippen molar-refractivity contribution in [2.75, 3.05) is 19.6 Å².